The molecule has 1 saturated carbocycles. The van der Waals surface area contributed by atoms with Crippen LogP contribution in [-0.4, -0.2) is 14.8 Å². The van der Waals surface area contributed by atoms with E-state index in [2.05, 4.69) is 90.4 Å². The Morgan fingerprint density at radius 3 is 2.20 bits per heavy atom. The highest BCUT2D eigenvalue weighted by molar-refractivity contribution is 5.71. The summed E-state index contributed by atoms with van der Waals surface area (Å²) in [6.07, 6.45) is 6.30. The van der Waals surface area contributed by atoms with Crippen molar-refractivity contribution < 1.29 is 0 Å². The van der Waals surface area contributed by atoms with Gasteiger partial charge in [-0.25, -0.2) is 0 Å². The molecular formula is C27H27N3. The third-order valence-corrected chi connectivity index (χ3v) is 6.18. The van der Waals surface area contributed by atoms with Crippen LogP contribution in [0.3, 0.4) is 0 Å². The van der Waals surface area contributed by atoms with Crippen molar-refractivity contribution in [1.29, 1.82) is 0 Å². The molecule has 3 heteroatoms. The zero-order valence-electron chi connectivity index (χ0n) is 17.5. The van der Waals surface area contributed by atoms with Crippen molar-refractivity contribution in [3.05, 3.63) is 90.3 Å². The number of rotatable bonds is 4. The number of aryl methyl sites for hydroxylation is 1. The van der Waals surface area contributed by atoms with E-state index in [1.165, 1.54) is 48.8 Å². The molecule has 1 aliphatic rings. The van der Waals surface area contributed by atoms with E-state index in [1.54, 1.807) is 0 Å². The highest BCUT2D eigenvalue weighted by atomic mass is 15.3. The average Bonchev–Trinajstić information content (AvgIpc) is 3.26. The molecule has 0 saturated heterocycles. The lowest BCUT2D eigenvalue weighted by atomic mass is 9.88. The molecule has 3 aromatic carbocycles. The summed E-state index contributed by atoms with van der Waals surface area (Å²) in [4.78, 5) is 0. The Morgan fingerprint density at radius 1 is 0.700 bits per heavy atom. The first-order valence-electron chi connectivity index (χ1n) is 11.0. The molecule has 1 heterocycles. The van der Waals surface area contributed by atoms with E-state index in [1.807, 2.05) is 0 Å². The fourth-order valence-corrected chi connectivity index (χ4v) is 4.52. The second-order valence-corrected chi connectivity index (χ2v) is 8.33. The van der Waals surface area contributed by atoms with Crippen molar-refractivity contribution in [2.75, 3.05) is 0 Å². The second kappa shape index (κ2) is 8.27. The SMILES string of the molecule is Cc1ccc(-c2cccc(-c3nnc(C4CCCCC4)n3-c3ccccc3)c2)cc1. The Labute approximate surface area is 178 Å². The summed E-state index contributed by atoms with van der Waals surface area (Å²) in [5, 5.41) is 9.42. The minimum absolute atomic E-state index is 0.487. The zero-order chi connectivity index (χ0) is 20.3. The smallest absolute Gasteiger partial charge is 0.168 e. The predicted molar refractivity (Wildman–Crippen MR) is 123 cm³/mol. The van der Waals surface area contributed by atoms with Gasteiger partial charge in [0.1, 0.15) is 5.82 Å². The molecule has 0 spiro atoms. The normalized spacial score (nSPS) is 14.7. The van der Waals surface area contributed by atoms with Crippen molar-refractivity contribution in [3.8, 4) is 28.2 Å². The summed E-state index contributed by atoms with van der Waals surface area (Å²) in [5.41, 5.74) is 5.94. The highest BCUT2D eigenvalue weighted by Gasteiger charge is 2.24. The lowest BCUT2D eigenvalue weighted by Crippen LogP contribution is -2.12. The summed E-state index contributed by atoms with van der Waals surface area (Å²) in [7, 11) is 0. The van der Waals surface area contributed by atoms with Gasteiger partial charge in [0, 0.05) is 17.2 Å². The largest absolute Gasteiger partial charge is 0.279 e. The minimum Gasteiger partial charge on any atom is -0.279 e. The molecule has 5 rings (SSSR count). The summed E-state index contributed by atoms with van der Waals surface area (Å²) in [6, 6.07) is 27.9. The van der Waals surface area contributed by atoms with Crippen LogP contribution in [0.15, 0.2) is 78.9 Å². The van der Waals surface area contributed by atoms with E-state index in [4.69, 9.17) is 10.2 Å². The lowest BCUT2D eigenvalue weighted by Gasteiger charge is -2.22. The maximum atomic E-state index is 4.72. The maximum absolute atomic E-state index is 4.72. The number of aromatic nitrogens is 3. The van der Waals surface area contributed by atoms with Gasteiger partial charge in [0.15, 0.2) is 5.82 Å². The first kappa shape index (κ1) is 18.8. The molecule has 30 heavy (non-hydrogen) atoms. The van der Waals surface area contributed by atoms with Crippen LogP contribution in [0.1, 0.15) is 49.4 Å². The molecule has 150 valence electrons. The Bertz CT molecular complexity index is 1120. The number of nitrogens with zero attached hydrogens (tertiary/aromatic N) is 3. The molecule has 0 unspecified atom stereocenters. The van der Waals surface area contributed by atoms with Crippen LogP contribution < -0.4 is 0 Å². The van der Waals surface area contributed by atoms with Crippen LogP contribution in [0.2, 0.25) is 0 Å². The maximum Gasteiger partial charge on any atom is 0.168 e. The van der Waals surface area contributed by atoms with E-state index >= 15 is 0 Å². The third-order valence-electron chi connectivity index (χ3n) is 6.18. The number of para-hydroxylation sites is 1. The molecule has 1 fully saturated rings. The number of benzene rings is 3. The molecule has 3 nitrogen and oxygen atoms in total. The van der Waals surface area contributed by atoms with Crippen molar-refractivity contribution in [1.82, 2.24) is 14.8 Å². The molecular weight excluding hydrogens is 366 g/mol. The molecule has 0 radical (unpaired) electrons. The Morgan fingerprint density at radius 2 is 1.43 bits per heavy atom. The van der Waals surface area contributed by atoms with Crippen LogP contribution in [0.5, 0.6) is 0 Å². The van der Waals surface area contributed by atoms with E-state index in [-0.39, 0.29) is 0 Å². The van der Waals surface area contributed by atoms with Crippen molar-refractivity contribution >= 4 is 0 Å². The first-order valence-corrected chi connectivity index (χ1v) is 11.0. The molecule has 0 amide bonds. The summed E-state index contributed by atoms with van der Waals surface area (Å²) < 4.78 is 2.28. The molecule has 0 atom stereocenters. The van der Waals surface area contributed by atoms with Gasteiger partial charge in [0.2, 0.25) is 0 Å². The van der Waals surface area contributed by atoms with Crippen LogP contribution in [0.4, 0.5) is 0 Å². The second-order valence-electron chi connectivity index (χ2n) is 8.33. The van der Waals surface area contributed by atoms with Gasteiger partial charge in [0.05, 0.1) is 0 Å². The van der Waals surface area contributed by atoms with Crippen molar-refractivity contribution in [2.45, 2.75) is 44.9 Å². The molecule has 0 bridgehead atoms. The van der Waals surface area contributed by atoms with E-state index in [9.17, 15) is 0 Å². The Hall–Kier alpha value is -3.20. The summed E-state index contributed by atoms with van der Waals surface area (Å²) >= 11 is 0. The van der Waals surface area contributed by atoms with Gasteiger partial charge in [0.25, 0.3) is 0 Å². The fraction of sp³-hybridized carbons (Fsp3) is 0.259. The minimum atomic E-state index is 0.487. The van der Waals surface area contributed by atoms with Gasteiger partial charge < -0.3 is 0 Å². The van der Waals surface area contributed by atoms with Gasteiger partial charge >= 0.3 is 0 Å². The lowest BCUT2D eigenvalue weighted by molar-refractivity contribution is 0.424. The van der Waals surface area contributed by atoms with Crippen LogP contribution >= 0.6 is 0 Å². The van der Waals surface area contributed by atoms with E-state index in [0.717, 1.165) is 22.9 Å². The highest BCUT2D eigenvalue weighted by Crippen LogP contribution is 2.35. The zero-order valence-corrected chi connectivity index (χ0v) is 17.5. The molecule has 0 aliphatic heterocycles. The van der Waals surface area contributed by atoms with Crippen LogP contribution in [0.25, 0.3) is 28.2 Å². The van der Waals surface area contributed by atoms with Crippen LogP contribution in [-0.2, 0) is 0 Å². The fourth-order valence-electron chi connectivity index (χ4n) is 4.52. The Kier molecular flexibility index (Phi) is 5.18. The first-order chi connectivity index (χ1) is 14.8. The third kappa shape index (κ3) is 3.68. The quantitative estimate of drug-likeness (QED) is 0.375. The molecule has 0 N–H and O–H groups in total. The molecule has 1 aromatic heterocycles. The van der Waals surface area contributed by atoms with E-state index in [0.29, 0.717) is 5.92 Å². The summed E-state index contributed by atoms with van der Waals surface area (Å²) in [6.45, 7) is 2.12. The topological polar surface area (TPSA) is 30.7 Å². The van der Waals surface area contributed by atoms with Crippen molar-refractivity contribution in [2.24, 2.45) is 0 Å². The van der Waals surface area contributed by atoms with Crippen LogP contribution in [0, 0.1) is 6.92 Å². The number of hydrogen-bond acceptors (Lipinski definition) is 2. The standard InChI is InChI=1S/C27H27N3/c1-20-15-17-21(18-16-20)23-11-8-12-24(19-23)27-29-28-26(22-9-4-2-5-10-22)30(27)25-13-6-3-7-14-25/h3,6-8,11-19,22H,2,4-5,9-10H2,1H3. The monoisotopic (exact) mass is 393 g/mol. The van der Waals surface area contributed by atoms with Gasteiger partial charge in [-0.15, -0.1) is 10.2 Å². The average molecular weight is 394 g/mol. The number of hydrogen-bond donors (Lipinski definition) is 0. The Balaban J connectivity index is 1.62. The van der Waals surface area contributed by atoms with Gasteiger partial charge in [-0.1, -0.05) is 85.5 Å². The van der Waals surface area contributed by atoms with Crippen molar-refractivity contribution in [3.63, 3.8) is 0 Å². The summed E-state index contributed by atoms with van der Waals surface area (Å²) in [5.74, 6) is 2.52. The predicted octanol–water partition coefficient (Wildman–Crippen LogP) is 6.96. The van der Waals surface area contributed by atoms with Gasteiger partial charge in [-0.05, 0) is 49.1 Å². The van der Waals surface area contributed by atoms with Gasteiger partial charge in [-0.3, -0.25) is 4.57 Å². The molecule has 4 aromatic rings. The van der Waals surface area contributed by atoms with E-state index < -0.39 is 0 Å². The van der Waals surface area contributed by atoms with Gasteiger partial charge in [-0.2, -0.15) is 0 Å². The molecule has 1 aliphatic carbocycles.